The molecule has 0 N–H and O–H groups in total. The van der Waals surface area contributed by atoms with Crippen molar-refractivity contribution in [2.45, 2.75) is 25.7 Å². The highest BCUT2D eigenvalue weighted by atomic mass is 19.3. The van der Waals surface area contributed by atoms with Crippen molar-refractivity contribution < 1.29 is 13.6 Å². The summed E-state index contributed by atoms with van der Waals surface area (Å²) in [6, 6.07) is 5.31. The van der Waals surface area contributed by atoms with E-state index in [2.05, 4.69) is 6.58 Å². The van der Waals surface area contributed by atoms with Crippen molar-refractivity contribution in [3.8, 4) is 0 Å². The van der Waals surface area contributed by atoms with Gasteiger partial charge < -0.3 is 4.90 Å². The number of likely N-dealkylation sites (tertiary alicyclic amines) is 1. The lowest BCUT2D eigenvalue weighted by Gasteiger charge is -2.32. The van der Waals surface area contributed by atoms with Crippen molar-refractivity contribution in [2.75, 3.05) is 13.1 Å². The van der Waals surface area contributed by atoms with Gasteiger partial charge in [-0.05, 0) is 36.6 Å². The maximum atomic E-state index is 13.3. The predicted octanol–water partition coefficient (Wildman–Crippen LogP) is 3.51. The molecule has 2 rings (SSSR count). The number of hydrogen-bond donors (Lipinski definition) is 0. The van der Waals surface area contributed by atoms with Crippen LogP contribution in [0.2, 0.25) is 0 Å². The zero-order chi connectivity index (χ0) is 14.0. The molecule has 1 amide bonds. The molecule has 0 spiro atoms. The number of amides is 1. The molecule has 1 saturated heterocycles. The minimum Gasteiger partial charge on any atom is -0.333 e. The first-order valence-electron chi connectivity index (χ1n) is 6.32. The number of carbonyl (C=O) groups excluding carboxylic acids is 1. The van der Waals surface area contributed by atoms with Crippen molar-refractivity contribution in [1.82, 2.24) is 4.90 Å². The Bertz CT molecular complexity index is 511. The average Bonchev–Trinajstić information content (AvgIpc) is 2.35. The van der Waals surface area contributed by atoms with Gasteiger partial charge in [-0.25, -0.2) is 8.78 Å². The molecular formula is C15H17F2NO. The van der Waals surface area contributed by atoms with Crippen LogP contribution in [0.25, 0.3) is 6.08 Å². The Morgan fingerprint density at radius 3 is 2.79 bits per heavy atom. The van der Waals surface area contributed by atoms with Crippen LogP contribution in [0.3, 0.4) is 0 Å². The Morgan fingerprint density at radius 1 is 1.42 bits per heavy atom. The van der Waals surface area contributed by atoms with Gasteiger partial charge in [-0.2, -0.15) is 0 Å². The minimum atomic E-state index is -2.76. The summed E-state index contributed by atoms with van der Waals surface area (Å²) in [7, 11) is 0. The first kappa shape index (κ1) is 13.7. The van der Waals surface area contributed by atoms with Gasteiger partial charge in [0.2, 0.25) is 0 Å². The number of rotatable bonds is 2. The molecule has 1 heterocycles. The van der Waals surface area contributed by atoms with Gasteiger partial charge in [-0.3, -0.25) is 4.79 Å². The number of piperidine rings is 1. The van der Waals surface area contributed by atoms with Gasteiger partial charge in [0.15, 0.2) is 0 Å². The van der Waals surface area contributed by atoms with E-state index in [4.69, 9.17) is 0 Å². The second kappa shape index (κ2) is 5.11. The van der Waals surface area contributed by atoms with Crippen LogP contribution >= 0.6 is 0 Å². The molecule has 1 aromatic carbocycles. The SMILES string of the molecule is C=Cc1cc(C)cc(C(=O)N2CCCC(F)(F)C2)c1. The third-order valence-electron chi connectivity index (χ3n) is 3.26. The quantitative estimate of drug-likeness (QED) is 0.801. The molecule has 1 aliphatic rings. The Labute approximate surface area is 111 Å². The lowest BCUT2D eigenvalue weighted by Crippen LogP contribution is -2.45. The van der Waals surface area contributed by atoms with Crippen LogP contribution in [0.5, 0.6) is 0 Å². The highest BCUT2D eigenvalue weighted by Crippen LogP contribution is 2.27. The Hall–Kier alpha value is -1.71. The molecule has 0 aliphatic carbocycles. The average molecular weight is 265 g/mol. The van der Waals surface area contributed by atoms with Gasteiger partial charge in [-0.15, -0.1) is 0 Å². The van der Waals surface area contributed by atoms with E-state index in [0.717, 1.165) is 11.1 Å². The van der Waals surface area contributed by atoms with Crippen LogP contribution in [0, 0.1) is 6.92 Å². The predicted molar refractivity (Wildman–Crippen MR) is 71.4 cm³/mol. The summed E-state index contributed by atoms with van der Waals surface area (Å²) in [6.07, 6.45) is 1.86. The number of benzene rings is 1. The third-order valence-corrected chi connectivity index (χ3v) is 3.26. The number of aryl methyl sites for hydroxylation is 1. The molecule has 0 saturated carbocycles. The molecule has 1 aromatic rings. The van der Waals surface area contributed by atoms with Crippen molar-refractivity contribution in [1.29, 1.82) is 0 Å². The van der Waals surface area contributed by atoms with E-state index >= 15 is 0 Å². The fourth-order valence-corrected chi connectivity index (χ4v) is 2.38. The highest BCUT2D eigenvalue weighted by molar-refractivity contribution is 5.95. The van der Waals surface area contributed by atoms with E-state index < -0.39 is 12.5 Å². The number of hydrogen-bond acceptors (Lipinski definition) is 1. The number of halogens is 2. The second-order valence-electron chi connectivity index (χ2n) is 5.02. The Kier molecular flexibility index (Phi) is 3.69. The lowest BCUT2D eigenvalue weighted by molar-refractivity contribution is -0.0560. The largest absolute Gasteiger partial charge is 0.333 e. The molecule has 102 valence electrons. The smallest absolute Gasteiger partial charge is 0.265 e. The van der Waals surface area contributed by atoms with E-state index in [1.165, 1.54) is 4.90 Å². The fourth-order valence-electron chi connectivity index (χ4n) is 2.38. The number of nitrogens with zero attached hydrogens (tertiary/aromatic N) is 1. The Morgan fingerprint density at radius 2 is 2.16 bits per heavy atom. The summed E-state index contributed by atoms with van der Waals surface area (Å²) in [5.41, 5.74) is 2.20. The summed E-state index contributed by atoms with van der Waals surface area (Å²) in [4.78, 5) is 13.5. The van der Waals surface area contributed by atoms with Gasteiger partial charge in [0, 0.05) is 18.5 Å². The van der Waals surface area contributed by atoms with E-state index in [9.17, 15) is 13.6 Å². The molecule has 19 heavy (non-hydrogen) atoms. The first-order chi connectivity index (χ1) is 8.91. The van der Waals surface area contributed by atoms with Gasteiger partial charge in [0.25, 0.3) is 11.8 Å². The maximum absolute atomic E-state index is 13.3. The van der Waals surface area contributed by atoms with Crippen LogP contribution in [-0.2, 0) is 0 Å². The monoisotopic (exact) mass is 265 g/mol. The zero-order valence-electron chi connectivity index (χ0n) is 11.0. The fraction of sp³-hybridized carbons (Fsp3) is 0.400. The molecule has 0 unspecified atom stereocenters. The molecule has 0 atom stereocenters. The highest BCUT2D eigenvalue weighted by Gasteiger charge is 2.37. The van der Waals surface area contributed by atoms with Crippen molar-refractivity contribution in [3.63, 3.8) is 0 Å². The number of alkyl halides is 2. The van der Waals surface area contributed by atoms with E-state index in [-0.39, 0.29) is 12.3 Å². The molecule has 2 nitrogen and oxygen atoms in total. The summed E-state index contributed by atoms with van der Waals surface area (Å²) >= 11 is 0. The summed E-state index contributed by atoms with van der Waals surface area (Å²) in [5, 5.41) is 0. The maximum Gasteiger partial charge on any atom is 0.265 e. The Balaban J connectivity index is 2.24. The molecular weight excluding hydrogens is 248 g/mol. The zero-order valence-corrected chi connectivity index (χ0v) is 11.0. The number of carbonyl (C=O) groups is 1. The van der Waals surface area contributed by atoms with Crippen molar-refractivity contribution in [2.24, 2.45) is 0 Å². The van der Waals surface area contributed by atoms with Crippen LogP contribution in [0.1, 0.15) is 34.3 Å². The normalized spacial score (nSPS) is 18.2. The van der Waals surface area contributed by atoms with Crippen LogP contribution in [-0.4, -0.2) is 29.8 Å². The van der Waals surface area contributed by atoms with Gasteiger partial charge >= 0.3 is 0 Å². The van der Waals surface area contributed by atoms with Crippen LogP contribution < -0.4 is 0 Å². The molecule has 1 aliphatic heterocycles. The van der Waals surface area contributed by atoms with E-state index in [0.29, 0.717) is 18.5 Å². The molecule has 0 aromatic heterocycles. The van der Waals surface area contributed by atoms with Gasteiger partial charge in [0.05, 0.1) is 6.54 Å². The standard InChI is InChI=1S/C15H17F2NO/c1-3-12-7-11(2)8-13(9-12)14(19)18-6-4-5-15(16,17)10-18/h3,7-9H,1,4-6,10H2,2H3. The van der Waals surface area contributed by atoms with Gasteiger partial charge in [-0.1, -0.05) is 18.7 Å². The second-order valence-corrected chi connectivity index (χ2v) is 5.02. The minimum absolute atomic E-state index is 0.136. The summed E-state index contributed by atoms with van der Waals surface area (Å²) in [6.45, 7) is 5.44. The lowest BCUT2D eigenvalue weighted by atomic mass is 10.0. The first-order valence-corrected chi connectivity index (χ1v) is 6.32. The topological polar surface area (TPSA) is 20.3 Å². The molecule has 1 fully saturated rings. The molecule has 4 heteroatoms. The van der Waals surface area contributed by atoms with Crippen LogP contribution in [0.4, 0.5) is 8.78 Å². The van der Waals surface area contributed by atoms with Crippen LogP contribution in [0.15, 0.2) is 24.8 Å². The summed E-state index contributed by atoms with van der Waals surface area (Å²) < 4.78 is 26.7. The molecule has 0 bridgehead atoms. The van der Waals surface area contributed by atoms with Crippen molar-refractivity contribution in [3.05, 3.63) is 41.5 Å². The van der Waals surface area contributed by atoms with E-state index in [1.54, 1.807) is 18.2 Å². The van der Waals surface area contributed by atoms with Crippen molar-refractivity contribution >= 4 is 12.0 Å². The van der Waals surface area contributed by atoms with Gasteiger partial charge in [0.1, 0.15) is 0 Å². The third kappa shape index (κ3) is 3.19. The molecule has 0 radical (unpaired) electrons. The van der Waals surface area contributed by atoms with E-state index in [1.807, 2.05) is 13.0 Å². The summed E-state index contributed by atoms with van der Waals surface area (Å²) in [5.74, 6) is -3.09.